The molecule has 3 unspecified atom stereocenters. The number of hydrogen-bond acceptors (Lipinski definition) is 3. The zero-order valence-electron chi connectivity index (χ0n) is 14.5. The second-order valence-corrected chi connectivity index (χ2v) is 7.68. The summed E-state index contributed by atoms with van der Waals surface area (Å²) in [5, 5.41) is 3.06. The van der Waals surface area contributed by atoms with Gasteiger partial charge in [0, 0.05) is 31.2 Å². The van der Waals surface area contributed by atoms with Crippen molar-refractivity contribution >= 4 is 11.8 Å². The molecule has 3 aliphatic rings. The molecule has 24 heavy (non-hydrogen) atoms. The molecule has 1 aromatic heterocycles. The molecular formula is C18H26N4O2. The predicted molar refractivity (Wildman–Crippen MR) is 89.1 cm³/mol. The summed E-state index contributed by atoms with van der Waals surface area (Å²) in [6, 6.07) is 0.352. The van der Waals surface area contributed by atoms with Crippen molar-refractivity contribution < 1.29 is 9.59 Å². The first-order chi connectivity index (χ1) is 11.5. The van der Waals surface area contributed by atoms with Gasteiger partial charge in [-0.3, -0.25) is 9.59 Å². The lowest BCUT2D eigenvalue weighted by Crippen LogP contribution is -2.42. The minimum Gasteiger partial charge on any atom is -0.353 e. The van der Waals surface area contributed by atoms with E-state index >= 15 is 0 Å². The Bertz CT molecular complexity index is 664. The molecule has 6 heteroatoms. The zero-order chi connectivity index (χ0) is 16.8. The molecule has 2 heterocycles. The molecule has 2 amide bonds. The van der Waals surface area contributed by atoms with Gasteiger partial charge in [0.2, 0.25) is 11.8 Å². The molecule has 0 radical (unpaired) electrons. The Balaban J connectivity index is 1.42. The summed E-state index contributed by atoms with van der Waals surface area (Å²) in [6.45, 7) is 5.68. The standard InChI is InChI=1S/C18H26N4O2/c1-11-8-15(11)18(24)22-7-6-21-10-14(20-17(21)12(22)2)9-16(23)19-13-4-3-5-13/h10-13,15H,3-9H2,1-2H3,(H,19,23). The smallest absolute Gasteiger partial charge is 0.226 e. The third-order valence-electron chi connectivity index (χ3n) is 5.80. The minimum absolute atomic E-state index is 0.0116. The second-order valence-electron chi connectivity index (χ2n) is 7.68. The van der Waals surface area contributed by atoms with E-state index in [0.29, 0.717) is 18.4 Å². The number of carbonyl (C=O) groups is 2. The quantitative estimate of drug-likeness (QED) is 0.913. The average Bonchev–Trinajstić information content (AvgIpc) is 3.08. The number of hydrogen-bond donors (Lipinski definition) is 1. The summed E-state index contributed by atoms with van der Waals surface area (Å²) >= 11 is 0. The van der Waals surface area contributed by atoms with Crippen LogP contribution in [0.2, 0.25) is 0 Å². The van der Waals surface area contributed by atoms with Gasteiger partial charge < -0.3 is 14.8 Å². The van der Waals surface area contributed by atoms with E-state index < -0.39 is 0 Å². The van der Waals surface area contributed by atoms with E-state index in [0.717, 1.165) is 43.9 Å². The van der Waals surface area contributed by atoms with E-state index in [1.807, 2.05) is 18.0 Å². The minimum atomic E-state index is -0.0116. The van der Waals surface area contributed by atoms with E-state index in [1.165, 1.54) is 6.42 Å². The maximum absolute atomic E-state index is 12.6. The molecular weight excluding hydrogens is 304 g/mol. The molecule has 2 fully saturated rings. The monoisotopic (exact) mass is 330 g/mol. The normalized spacial score (nSPS) is 28.9. The van der Waals surface area contributed by atoms with Crippen molar-refractivity contribution in [1.29, 1.82) is 0 Å². The van der Waals surface area contributed by atoms with Gasteiger partial charge in [0.05, 0.1) is 18.2 Å². The SMILES string of the molecule is CC1CC1C(=O)N1CCn2cc(CC(=O)NC3CCC3)nc2C1C. The first-order valence-electron chi connectivity index (χ1n) is 9.18. The van der Waals surface area contributed by atoms with Crippen LogP contribution in [-0.2, 0) is 22.6 Å². The fourth-order valence-corrected chi connectivity index (χ4v) is 3.81. The van der Waals surface area contributed by atoms with Crippen LogP contribution in [0.5, 0.6) is 0 Å². The average molecular weight is 330 g/mol. The molecule has 0 bridgehead atoms. The molecule has 1 aromatic rings. The maximum Gasteiger partial charge on any atom is 0.226 e. The van der Waals surface area contributed by atoms with Crippen LogP contribution in [0.15, 0.2) is 6.20 Å². The van der Waals surface area contributed by atoms with Crippen LogP contribution >= 0.6 is 0 Å². The van der Waals surface area contributed by atoms with Crippen molar-refractivity contribution in [3.8, 4) is 0 Å². The van der Waals surface area contributed by atoms with Crippen molar-refractivity contribution in [3.05, 3.63) is 17.7 Å². The van der Waals surface area contributed by atoms with Gasteiger partial charge in [-0.05, 0) is 38.5 Å². The van der Waals surface area contributed by atoms with Crippen molar-refractivity contribution in [2.45, 2.75) is 64.6 Å². The summed E-state index contributed by atoms with van der Waals surface area (Å²) in [5.41, 5.74) is 0.808. The second kappa shape index (κ2) is 5.90. The molecule has 1 aliphatic heterocycles. The highest BCUT2D eigenvalue weighted by Gasteiger charge is 2.44. The Kier molecular flexibility index (Phi) is 3.85. The van der Waals surface area contributed by atoms with Gasteiger partial charge in [0.1, 0.15) is 5.82 Å². The largest absolute Gasteiger partial charge is 0.353 e. The number of imidazole rings is 1. The molecule has 130 valence electrons. The molecule has 2 aliphatic carbocycles. The van der Waals surface area contributed by atoms with E-state index in [9.17, 15) is 9.59 Å². The van der Waals surface area contributed by atoms with Crippen LogP contribution in [-0.4, -0.2) is 38.9 Å². The molecule has 0 aromatic carbocycles. The maximum atomic E-state index is 12.6. The van der Waals surface area contributed by atoms with Crippen LogP contribution in [0.4, 0.5) is 0 Å². The van der Waals surface area contributed by atoms with Gasteiger partial charge in [-0.1, -0.05) is 6.92 Å². The van der Waals surface area contributed by atoms with Crippen molar-refractivity contribution in [2.24, 2.45) is 11.8 Å². The van der Waals surface area contributed by atoms with Gasteiger partial charge >= 0.3 is 0 Å². The fraction of sp³-hybridized carbons (Fsp3) is 0.722. The Morgan fingerprint density at radius 2 is 2.04 bits per heavy atom. The number of nitrogens with zero attached hydrogens (tertiary/aromatic N) is 3. The van der Waals surface area contributed by atoms with Crippen LogP contribution in [0.1, 0.15) is 57.1 Å². The van der Waals surface area contributed by atoms with Gasteiger partial charge in [0.25, 0.3) is 0 Å². The topological polar surface area (TPSA) is 67.2 Å². The first kappa shape index (κ1) is 15.7. The predicted octanol–water partition coefficient (Wildman–Crippen LogP) is 1.65. The number of nitrogens with one attached hydrogen (secondary N) is 1. The van der Waals surface area contributed by atoms with E-state index in [4.69, 9.17) is 0 Å². The molecule has 6 nitrogen and oxygen atoms in total. The van der Waals surface area contributed by atoms with E-state index in [1.54, 1.807) is 0 Å². The molecule has 2 saturated carbocycles. The summed E-state index contributed by atoms with van der Waals surface area (Å²) in [7, 11) is 0. The van der Waals surface area contributed by atoms with E-state index in [-0.39, 0.29) is 23.8 Å². The van der Waals surface area contributed by atoms with E-state index in [2.05, 4.69) is 21.8 Å². The lowest BCUT2D eigenvalue weighted by atomic mass is 9.93. The third kappa shape index (κ3) is 2.82. The number of aromatic nitrogens is 2. The van der Waals surface area contributed by atoms with Crippen LogP contribution in [0.3, 0.4) is 0 Å². The third-order valence-corrected chi connectivity index (χ3v) is 5.80. The van der Waals surface area contributed by atoms with Gasteiger partial charge in [0.15, 0.2) is 0 Å². The first-order valence-corrected chi connectivity index (χ1v) is 9.18. The van der Waals surface area contributed by atoms with Crippen LogP contribution < -0.4 is 5.32 Å². The molecule has 1 N–H and O–H groups in total. The highest BCUT2D eigenvalue weighted by molar-refractivity contribution is 5.82. The van der Waals surface area contributed by atoms with Crippen molar-refractivity contribution in [1.82, 2.24) is 19.8 Å². The van der Waals surface area contributed by atoms with Crippen LogP contribution in [0.25, 0.3) is 0 Å². The van der Waals surface area contributed by atoms with Crippen molar-refractivity contribution in [2.75, 3.05) is 6.54 Å². The molecule has 0 saturated heterocycles. The number of rotatable bonds is 4. The van der Waals surface area contributed by atoms with Crippen LogP contribution in [0, 0.1) is 11.8 Å². The molecule has 3 atom stereocenters. The van der Waals surface area contributed by atoms with Crippen molar-refractivity contribution in [3.63, 3.8) is 0 Å². The van der Waals surface area contributed by atoms with Gasteiger partial charge in [-0.15, -0.1) is 0 Å². The highest BCUT2D eigenvalue weighted by atomic mass is 16.2. The number of amides is 2. The zero-order valence-corrected chi connectivity index (χ0v) is 14.5. The lowest BCUT2D eigenvalue weighted by Gasteiger charge is -2.34. The summed E-state index contributed by atoms with van der Waals surface area (Å²) in [4.78, 5) is 31.3. The Hall–Kier alpha value is -1.85. The Labute approximate surface area is 142 Å². The number of carbonyl (C=O) groups excluding carboxylic acids is 2. The molecule has 0 spiro atoms. The fourth-order valence-electron chi connectivity index (χ4n) is 3.81. The summed E-state index contributed by atoms with van der Waals surface area (Å²) in [5.74, 6) is 1.98. The number of fused-ring (bicyclic) bond motifs is 1. The highest BCUT2D eigenvalue weighted by Crippen LogP contribution is 2.41. The molecule has 4 rings (SSSR count). The Morgan fingerprint density at radius 3 is 2.67 bits per heavy atom. The van der Waals surface area contributed by atoms with Gasteiger partial charge in [-0.2, -0.15) is 0 Å². The Morgan fingerprint density at radius 1 is 1.29 bits per heavy atom. The summed E-state index contributed by atoms with van der Waals surface area (Å²) < 4.78 is 2.11. The van der Waals surface area contributed by atoms with Gasteiger partial charge in [-0.25, -0.2) is 4.98 Å². The lowest BCUT2D eigenvalue weighted by molar-refractivity contribution is -0.136. The summed E-state index contributed by atoms with van der Waals surface area (Å²) in [6.07, 6.45) is 6.73.